The van der Waals surface area contributed by atoms with Gasteiger partial charge in [0.15, 0.2) is 0 Å². The van der Waals surface area contributed by atoms with Gasteiger partial charge in [0, 0.05) is 23.1 Å². The van der Waals surface area contributed by atoms with E-state index in [1.54, 1.807) is 18.2 Å². The SMILES string of the molecule is O=S(=O)(Cc1ccc(Cl)cc1Cl)NCc1ccc(CN2CCCC2)cc1. The highest BCUT2D eigenvalue weighted by atomic mass is 35.5. The van der Waals surface area contributed by atoms with Gasteiger partial charge in [-0.3, -0.25) is 4.90 Å². The molecule has 0 amide bonds. The van der Waals surface area contributed by atoms with Crippen LogP contribution in [0.1, 0.15) is 29.5 Å². The van der Waals surface area contributed by atoms with Crippen molar-refractivity contribution >= 4 is 33.2 Å². The maximum Gasteiger partial charge on any atom is 0.216 e. The largest absolute Gasteiger partial charge is 0.299 e. The highest BCUT2D eigenvalue weighted by Gasteiger charge is 2.15. The van der Waals surface area contributed by atoms with Gasteiger partial charge in [0.1, 0.15) is 0 Å². The lowest BCUT2D eigenvalue weighted by Crippen LogP contribution is -2.25. The van der Waals surface area contributed by atoms with Crippen LogP contribution in [0, 0.1) is 0 Å². The summed E-state index contributed by atoms with van der Waals surface area (Å²) in [7, 11) is -3.48. The summed E-state index contributed by atoms with van der Waals surface area (Å²) in [5.41, 5.74) is 2.72. The topological polar surface area (TPSA) is 49.4 Å². The minimum Gasteiger partial charge on any atom is -0.299 e. The second-order valence-electron chi connectivity index (χ2n) is 6.62. The number of nitrogens with zero attached hydrogens (tertiary/aromatic N) is 1. The zero-order valence-corrected chi connectivity index (χ0v) is 16.7. The van der Waals surface area contributed by atoms with Gasteiger partial charge < -0.3 is 0 Å². The average Bonchev–Trinajstić information content (AvgIpc) is 3.10. The minimum absolute atomic E-state index is 0.171. The quantitative estimate of drug-likeness (QED) is 0.740. The Kier molecular flexibility index (Phi) is 6.59. The molecule has 4 nitrogen and oxygen atoms in total. The van der Waals surface area contributed by atoms with Crippen molar-refractivity contribution in [1.82, 2.24) is 9.62 Å². The molecule has 0 aliphatic carbocycles. The van der Waals surface area contributed by atoms with Crippen LogP contribution in [0.15, 0.2) is 42.5 Å². The summed E-state index contributed by atoms with van der Waals surface area (Å²) in [6.45, 7) is 3.54. The predicted molar refractivity (Wildman–Crippen MR) is 107 cm³/mol. The summed E-state index contributed by atoms with van der Waals surface area (Å²) >= 11 is 11.9. The molecule has 0 atom stereocenters. The van der Waals surface area contributed by atoms with Crippen LogP contribution in [0.5, 0.6) is 0 Å². The van der Waals surface area contributed by atoms with Crippen LogP contribution >= 0.6 is 23.2 Å². The van der Waals surface area contributed by atoms with Crippen LogP contribution < -0.4 is 4.72 Å². The Bertz CT molecular complexity index is 848. The van der Waals surface area contributed by atoms with Crippen molar-refractivity contribution in [2.24, 2.45) is 0 Å². The summed E-state index contributed by atoms with van der Waals surface area (Å²) in [5, 5.41) is 0.840. The molecule has 1 aliphatic heterocycles. The predicted octanol–water partition coefficient (Wildman–Crippen LogP) is 4.21. The van der Waals surface area contributed by atoms with E-state index in [0.29, 0.717) is 15.6 Å². The van der Waals surface area contributed by atoms with Crippen LogP contribution in [0.3, 0.4) is 0 Å². The van der Waals surface area contributed by atoms with E-state index in [4.69, 9.17) is 23.2 Å². The smallest absolute Gasteiger partial charge is 0.216 e. The van der Waals surface area contributed by atoms with Crippen molar-refractivity contribution in [2.75, 3.05) is 13.1 Å². The third-order valence-electron chi connectivity index (χ3n) is 4.48. The van der Waals surface area contributed by atoms with Gasteiger partial charge in [-0.2, -0.15) is 0 Å². The zero-order chi connectivity index (χ0) is 18.6. The lowest BCUT2D eigenvalue weighted by Gasteiger charge is -2.14. The molecule has 0 unspecified atom stereocenters. The number of likely N-dealkylation sites (tertiary alicyclic amines) is 1. The van der Waals surface area contributed by atoms with E-state index < -0.39 is 10.0 Å². The molecule has 2 aromatic carbocycles. The Balaban J connectivity index is 1.55. The van der Waals surface area contributed by atoms with E-state index in [1.165, 1.54) is 18.4 Å². The van der Waals surface area contributed by atoms with E-state index in [2.05, 4.69) is 21.8 Å². The molecule has 1 N–H and O–H groups in total. The Morgan fingerprint density at radius 2 is 1.62 bits per heavy atom. The number of benzene rings is 2. The molecule has 3 rings (SSSR count). The van der Waals surface area contributed by atoms with E-state index in [0.717, 1.165) is 25.2 Å². The Hall–Kier alpha value is -1.11. The van der Waals surface area contributed by atoms with E-state index in [-0.39, 0.29) is 12.3 Å². The molecule has 1 heterocycles. The van der Waals surface area contributed by atoms with E-state index in [9.17, 15) is 8.42 Å². The number of rotatable bonds is 7. The normalized spacial score (nSPS) is 15.5. The molecule has 0 radical (unpaired) electrons. The lowest BCUT2D eigenvalue weighted by atomic mass is 10.1. The molecule has 0 spiro atoms. The molecule has 0 aromatic heterocycles. The van der Waals surface area contributed by atoms with Gasteiger partial charge in [-0.05, 0) is 54.8 Å². The third kappa shape index (κ3) is 5.69. The molecule has 2 aromatic rings. The molecule has 1 aliphatic rings. The molecule has 7 heteroatoms. The summed E-state index contributed by atoms with van der Waals surface area (Å²) < 4.78 is 27.2. The number of hydrogen-bond acceptors (Lipinski definition) is 3. The second kappa shape index (κ2) is 8.72. The van der Waals surface area contributed by atoms with Gasteiger partial charge in [-0.25, -0.2) is 13.1 Å². The van der Waals surface area contributed by atoms with Gasteiger partial charge >= 0.3 is 0 Å². The summed E-state index contributed by atoms with van der Waals surface area (Å²) in [6, 6.07) is 12.9. The minimum atomic E-state index is -3.48. The first kappa shape index (κ1) is 19.6. The number of hydrogen-bond donors (Lipinski definition) is 1. The van der Waals surface area contributed by atoms with Crippen molar-refractivity contribution in [3.8, 4) is 0 Å². The van der Waals surface area contributed by atoms with Crippen LogP contribution in [-0.4, -0.2) is 26.4 Å². The highest BCUT2D eigenvalue weighted by molar-refractivity contribution is 7.88. The Morgan fingerprint density at radius 1 is 0.962 bits per heavy atom. The Morgan fingerprint density at radius 3 is 2.27 bits per heavy atom. The molecular formula is C19H22Cl2N2O2S. The molecule has 0 bridgehead atoms. The van der Waals surface area contributed by atoms with Crippen molar-refractivity contribution in [3.63, 3.8) is 0 Å². The average molecular weight is 413 g/mol. The van der Waals surface area contributed by atoms with Crippen LogP contribution in [0.4, 0.5) is 0 Å². The van der Waals surface area contributed by atoms with Crippen molar-refractivity contribution in [1.29, 1.82) is 0 Å². The molecule has 26 heavy (non-hydrogen) atoms. The summed E-state index contributed by atoms with van der Waals surface area (Å²) in [4.78, 5) is 2.44. The van der Waals surface area contributed by atoms with Crippen LogP contribution in [0.2, 0.25) is 10.0 Å². The zero-order valence-electron chi connectivity index (χ0n) is 14.4. The lowest BCUT2D eigenvalue weighted by molar-refractivity contribution is 0.331. The monoisotopic (exact) mass is 412 g/mol. The van der Waals surface area contributed by atoms with E-state index in [1.807, 2.05) is 12.1 Å². The van der Waals surface area contributed by atoms with Crippen LogP contribution in [-0.2, 0) is 28.9 Å². The fourth-order valence-electron chi connectivity index (χ4n) is 3.05. The standard InChI is InChI=1S/C19H22Cl2N2O2S/c20-18-8-7-17(19(21)11-18)14-26(24,25)22-12-15-3-5-16(6-4-15)13-23-9-1-2-10-23/h3-8,11,22H,1-2,9-10,12-14H2. The highest BCUT2D eigenvalue weighted by Crippen LogP contribution is 2.22. The van der Waals surface area contributed by atoms with Crippen molar-refractivity contribution < 1.29 is 8.42 Å². The maximum absolute atomic E-state index is 12.3. The fraction of sp³-hybridized carbons (Fsp3) is 0.368. The van der Waals surface area contributed by atoms with Crippen LogP contribution in [0.25, 0.3) is 0 Å². The van der Waals surface area contributed by atoms with Crippen molar-refractivity contribution in [2.45, 2.75) is 31.7 Å². The molecule has 1 saturated heterocycles. The van der Waals surface area contributed by atoms with Gasteiger partial charge in [0.05, 0.1) is 5.75 Å². The van der Waals surface area contributed by atoms with Gasteiger partial charge in [0.25, 0.3) is 0 Å². The number of nitrogens with one attached hydrogen (secondary N) is 1. The third-order valence-corrected chi connectivity index (χ3v) is 6.35. The first-order chi connectivity index (χ1) is 12.4. The molecule has 1 fully saturated rings. The fourth-order valence-corrected chi connectivity index (χ4v) is 4.75. The van der Waals surface area contributed by atoms with E-state index >= 15 is 0 Å². The van der Waals surface area contributed by atoms with Gasteiger partial charge in [-0.1, -0.05) is 53.5 Å². The van der Waals surface area contributed by atoms with Crippen molar-refractivity contribution in [3.05, 3.63) is 69.2 Å². The summed E-state index contributed by atoms with van der Waals surface area (Å²) in [6.07, 6.45) is 2.55. The van der Waals surface area contributed by atoms with Gasteiger partial charge in [0.2, 0.25) is 10.0 Å². The summed E-state index contributed by atoms with van der Waals surface area (Å²) in [5.74, 6) is -0.171. The Labute approximate surface area is 165 Å². The maximum atomic E-state index is 12.3. The molecule has 0 saturated carbocycles. The first-order valence-corrected chi connectivity index (χ1v) is 11.0. The molecular weight excluding hydrogens is 391 g/mol. The number of sulfonamides is 1. The molecule has 140 valence electrons. The first-order valence-electron chi connectivity index (χ1n) is 8.63. The number of halogens is 2. The second-order valence-corrected chi connectivity index (χ2v) is 9.27. The van der Waals surface area contributed by atoms with Gasteiger partial charge in [-0.15, -0.1) is 0 Å².